The third-order valence-electron chi connectivity index (χ3n) is 3.26. The predicted octanol–water partition coefficient (Wildman–Crippen LogP) is 2.55. The van der Waals surface area contributed by atoms with Crippen LogP contribution in [0.3, 0.4) is 0 Å². The Morgan fingerprint density at radius 1 is 1.26 bits per heavy atom. The maximum Gasteiger partial charge on any atom is 0.255 e. The second kappa shape index (κ2) is 7.94. The fourth-order valence-electron chi connectivity index (χ4n) is 2.16. The number of nitrogens with one attached hydrogen (secondary N) is 1. The molecule has 0 unspecified atom stereocenters. The molecular weight excluding hydrogens is 316 g/mol. The van der Waals surface area contributed by atoms with Gasteiger partial charge in [-0.05, 0) is 19.1 Å². The monoisotopic (exact) mass is 336 g/mol. The molecule has 0 spiro atoms. The van der Waals surface area contributed by atoms with Crippen LogP contribution in [0.15, 0.2) is 18.2 Å². The number of hydrogen-bond acceptors (Lipinski definition) is 6. The van der Waals surface area contributed by atoms with Crippen LogP contribution in [0.5, 0.6) is 11.5 Å². The van der Waals surface area contributed by atoms with Gasteiger partial charge in [-0.3, -0.25) is 4.79 Å². The van der Waals surface area contributed by atoms with E-state index >= 15 is 0 Å². The first kappa shape index (κ1) is 17.2. The quantitative estimate of drug-likeness (QED) is 0.841. The van der Waals surface area contributed by atoms with E-state index in [9.17, 15) is 4.79 Å². The Kier molecular flexibility index (Phi) is 5.95. The number of nitrogens with zero attached hydrogens (tertiary/aromatic N) is 1. The first-order valence-corrected chi connectivity index (χ1v) is 7.85. The zero-order chi connectivity index (χ0) is 16.8. The number of thiazole rings is 1. The largest absolute Gasteiger partial charge is 0.493 e. The van der Waals surface area contributed by atoms with E-state index in [0.717, 1.165) is 15.6 Å². The SMILES string of the molecule is COCc1nc(C)c(CNC(=O)c2cccc(OC)c2OC)s1. The van der Waals surface area contributed by atoms with E-state index in [2.05, 4.69) is 10.3 Å². The van der Waals surface area contributed by atoms with E-state index in [1.165, 1.54) is 25.6 Å². The number of benzene rings is 1. The molecule has 1 N–H and O–H groups in total. The predicted molar refractivity (Wildman–Crippen MR) is 88.3 cm³/mol. The minimum absolute atomic E-state index is 0.221. The number of aromatic nitrogens is 1. The number of para-hydroxylation sites is 1. The van der Waals surface area contributed by atoms with Crippen molar-refractivity contribution in [3.63, 3.8) is 0 Å². The highest BCUT2D eigenvalue weighted by Gasteiger charge is 2.17. The molecule has 1 heterocycles. The molecule has 0 aliphatic rings. The molecule has 0 aliphatic carbocycles. The lowest BCUT2D eigenvalue weighted by Crippen LogP contribution is -2.23. The molecule has 23 heavy (non-hydrogen) atoms. The summed E-state index contributed by atoms with van der Waals surface area (Å²) in [5.41, 5.74) is 1.34. The van der Waals surface area contributed by atoms with Crippen LogP contribution in [-0.4, -0.2) is 32.2 Å². The molecule has 0 atom stereocenters. The summed E-state index contributed by atoms with van der Waals surface area (Å²) in [5.74, 6) is 0.729. The van der Waals surface area contributed by atoms with E-state index < -0.39 is 0 Å². The normalized spacial score (nSPS) is 10.4. The Morgan fingerprint density at radius 2 is 2.04 bits per heavy atom. The van der Waals surface area contributed by atoms with Gasteiger partial charge in [0.1, 0.15) is 5.01 Å². The fraction of sp³-hybridized carbons (Fsp3) is 0.375. The summed E-state index contributed by atoms with van der Waals surface area (Å²) in [5, 5.41) is 3.79. The van der Waals surface area contributed by atoms with Gasteiger partial charge in [-0.1, -0.05) is 6.07 Å². The van der Waals surface area contributed by atoms with E-state index in [1.807, 2.05) is 6.92 Å². The maximum absolute atomic E-state index is 12.4. The Labute approximate surface area is 139 Å². The van der Waals surface area contributed by atoms with Gasteiger partial charge in [0.05, 0.1) is 38.6 Å². The van der Waals surface area contributed by atoms with Crippen molar-refractivity contribution in [1.82, 2.24) is 10.3 Å². The number of aryl methyl sites for hydroxylation is 1. The van der Waals surface area contributed by atoms with Crippen molar-refractivity contribution in [3.05, 3.63) is 39.3 Å². The number of methoxy groups -OCH3 is 3. The molecule has 0 aliphatic heterocycles. The molecule has 0 radical (unpaired) electrons. The summed E-state index contributed by atoms with van der Waals surface area (Å²) in [6.45, 7) is 2.80. The average Bonchev–Trinajstić information content (AvgIpc) is 2.91. The molecule has 124 valence electrons. The first-order chi connectivity index (χ1) is 11.1. The van der Waals surface area contributed by atoms with Crippen molar-refractivity contribution in [2.24, 2.45) is 0 Å². The first-order valence-electron chi connectivity index (χ1n) is 7.04. The van der Waals surface area contributed by atoms with Crippen LogP contribution >= 0.6 is 11.3 Å². The molecule has 0 saturated heterocycles. The number of hydrogen-bond donors (Lipinski definition) is 1. The van der Waals surface area contributed by atoms with Crippen molar-refractivity contribution in [2.45, 2.75) is 20.1 Å². The highest BCUT2D eigenvalue weighted by molar-refractivity contribution is 7.11. The topological polar surface area (TPSA) is 69.7 Å². The van der Waals surface area contributed by atoms with Crippen molar-refractivity contribution in [1.29, 1.82) is 0 Å². The van der Waals surface area contributed by atoms with E-state index in [-0.39, 0.29) is 5.91 Å². The van der Waals surface area contributed by atoms with E-state index in [1.54, 1.807) is 25.3 Å². The van der Waals surface area contributed by atoms with Crippen molar-refractivity contribution in [3.8, 4) is 11.5 Å². The average molecular weight is 336 g/mol. The highest BCUT2D eigenvalue weighted by Crippen LogP contribution is 2.30. The Morgan fingerprint density at radius 3 is 2.70 bits per heavy atom. The number of carbonyl (C=O) groups excluding carboxylic acids is 1. The summed E-state index contributed by atoms with van der Waals surface area (Å²) in [7, 11) is 4.68. The Bertz CT molecular complexity index is 685. The molecular formula is C16H20N2O4S. The van der Waals surface area contributed by atoms with Gasteiger partial charge >= 0.3 is 0 Å². The zero-order valence-electron chi connectivity index (χ0n) is 13.6. The summed E-state index contributed by atoms with van der Waals surface area (Å²) in [4.78, 5) is 17.8. The number of carbonyl (C=O) groups is 1. The molecule has 7 heteroatoms. The Balaban J connectivity index is 2.11. The van der Waals surface area contributed by atoms with Crippen LogP contribution in [0.2, 0.25) is 0 Å². The summed E-state index contributed by atoms with van der Waals surface area (Å²) in [6.07, 6.45) is 0. The summed E-state index contributed by atoms with van der Waals surface area (Å²) in [6, 6.07) is 5.21. The molecule has 0 saturated carbocycles. The number of ether oxygens (including phenoxy) is 3. The Hall–Kier alpha value is -2.12. The lowest BCUT2D eigenvalue weighted by Gasteiger charge is -2.12. The maximum atomic E-state index is 12.4. The number of amides is 1. The minimum Gasteiger partial charge on any atom is -0.493 e. The van der Waals surface area contributed by atoms with Gasteiger partial charge in [0.25, 0.3) is 5.91 Å². The van der Waals surface area contributed by atoms with Gasteiger partial charge in [0.15, 0.2) is 11.5 Å². The van der Waals surface area contributed by atoms with Gasteiger partial charge in [0, 0.05) is 12.0 Å². The third kappa shape index (κ3) is 4.00. The van der Waals surface area contributed by atoms with Gasteiger partial charge in [-0.25, -0.2) is 4.98 Å². The van der Waals surface area contributed by atoms with Crippen LogP contribution in [-0.2, 0) is 17.9 Å². The second-order valence-electron chi connectivity index (χ2n) is 4.77. The molecule has 0 bridgehead atoms. The van der Waals surface area contributed by atoms with Crippen molar-refractivity contribution in [2.75, 3.05) is 21.3 Å². The van der Waals surface area contributed by atoms with Crippen molar-refractivity contribution >= 4 is 17.2 Å². The molecule has 0 fully saturated rings. The molecule has 2 aromatic rings. The van der Waals surface area contributed by atoms with Crippen LogP contribution < -0.4 is 14.8 Å². The molecule has 2 rings (SSSR count). The summed E-state index contributed by atoms with van der Waals surface area (Å²) >= 11 is 1.53. The molecule has 1 aromatic heterocycles. The van der Waals surface area contributed by atoms with E-state index in [4.69, 9.17) is 14.2 Å². The second-order valence-corrected chi connectivity index (χ2v) is 5.94. The van der Waals surface area contributed by atoms with Crippen LogP contribution in [0.4, 0.5) is 0 Å². The van der Waals surface area contributed by atoms with E-state index in [0.29, 0.717) is 30.2 Å². The van der Waals surface area contributed by atoms with Gasteiger partial charge in [-0.15, -0.1) is 11.3 Å². The standard InChI is InChI=1S/C16H20N2O4S/c1-10-13(23-14(18-10)9-20-2)8-17-16(19)11-6-5-7-12(21-3)15(11)22-4/h5-7H,8-9H2,1-4H3,(H,17,19). The zero-order valence-corrected chi connectivity index (χ0v) is 14.5. The minimum atomic E-state index is -0.221. The lowest BCUT2D eigenvalue weighted by molar-refractivity contribution is 0.0947. The van der Waals surface area contributed by atoms with Crippen LogP contribution in [0.25, 0.3) is 0 Å². The summed E-state index contributed by atoms with van der Waals surface area (Å²) < 4.78 is 15.6. The fourth-order valence-corrected chi connectivity index (χ4v) is 3.14. The van der Waals surface area contributed by atoms with Gasteiger partial charge < -0.3 is 19.5 Å². The lowest BCUT2D eigenvalue weighted by atomic mass is 10.1. The molecule has 6 nitrogen and oxygen atoms in total. The number of rotatable bonds is 7. The van der Waals surface area contributed by atoms with Crippen LogP contribution in [0, 0.1) is 6.92 Å². The highest BCUT2D eigenvalue weighted by atomic mass is 32.1. The molecule has 1 amide bonds. The van der Waals surface area contributed by atoms with Gasteiger partial charge in [-0.2, -0.15) is 0 Å². The smallest absolute Gasteiger partial charge is 0.255 e. The molecule has 1 aromatic carbocycles. The van der Waals surface area contributed by atoms with Crippen LogP contribution in [0.1, 0.15) is 25.9 Å². The third-order valence-corrected chi connectivity index (χ3v) is 4.39. The van der Waals surface area contributed by atoms with Gasteiger partial charge in [0.2, 0.25) is 0 Å². The van der Waals surface area contributed by atoms with Crippen molar-refractivity contribution < 1.29 is 19.0 Å².